The molecule has 0 aliphatic carbocycles. The highest BCUT2D eigenvalue weighted by atomic mass is 16.5. The molecule has 1 saturated heterocycles. The van der Waals surface area contributed by atoms with Crippen molar-refractivity contribution in [3.05, 3.63) is 18.4 Å². The molecule has 4 heteroatoms. The Bertz CT molecular complexity index is 230. The van der Waals surface area contributed by atoms with Crippen LogP contribution in [0.2, 0.25) is 0 Å². The van der Waals surface area contributed by atoms with Crippen molar-refractivity contribution in [1.29, 1.82) is 0 Å². The van der Waals surface area contributed by atoms with Crippen molar-refractivity contribution < 1.29 is 9.15 Å². The molecule has 1 unspecified atom stereocenters. The fourth-order valence-corrected chi connectivity index (χ4v) is 1.51. The van der Waals surface area contributed by atoms with Gasteiger partial charge < -0.3 is 14.5 Å². The van der Waals surface area contributed by atoms with Crippen LogP contribution in [-0.4, -0.2) is 24.2 Å². The van der Waals surface area contributed by atoms with Crippen LogP contribution < -0.4 is 5.32 Å². The van der Waals surface area contributed by atoms with Crippen molar-refractivity contribution in [2.75, 3.05) is 13.2 Å². The number of nitrogens with one attached hydrogen (secondary N) is 1. The summed E-state index contributed by atoms with van der Waals surface area (Å²) in [6, 6.07) is 0.534. The van der Waals surface area contributed by atoms with Gasteiger partial charge in [0.15, 0.2) is 6.39 Å². The Morgan fingerprint density at radius 2 is 2.69 bits per heavy atom. The maximum absolute atomic E-state index is 5.48. The summed E-state index contributed by atoms with van der Waals surface area (Å²) in [6.45, 7) is 2.44. The van der Waals surface area contributed by atoms with Gasteiger partial charge in [-0.15, -0.1) is 0 Å². The molecule has 0 saturated carbocycles. The Balaban J connectivity index is 1.63. The van der Waals surface area contributed by atoms with Crippen molar-refractivity contribution in [3.63, 3.8) is 0 Å². The van der Waals surface area contributed by atoms with Crippen molar-refractivity contribution in [1.82, 2.24) is 10.3 Å². The third-order valence-electron chi connectivity index (χ3n) is 2.21. The minimum atomic E-state index is 0.534. The second kappa shape index (κ2) is 4.39. The number of nitrogens with zero attached hydrogens (tertiary/aromatic N) is 1. The van der Waals surface area contributed by atoms with Gasteiger partial charge in [0, 0.05) is 6.04 Å². The first-order valence-electron chi connectivity index (χ1n) is 4.63. The van der Waals surface area contributed by atoms with Crippen molar-refractivity contribution in [3.8, 4) is 0 Å². The van der Waals surface area contributed by atoms with Crippen LogP contribution in [0.3, 0.4) is 0 Å². The van der Waals surface area contributed by atoms with Gasteiger partial charge in [0.05, 0.1) is 13.2 Å². The zero-order valence-corrected chi connectivity index (χ0v) is 7.53. The van der Waals surface area contributed by atoms with Gasteiger partial charge in [-0.25, -0.2) is 4.98 Å². The van der Waals surface area contributed by atoms with E-state index in [1.807, 2.05) is 0 Å². The molecule has 0 bridgehead atoms. The minimum absolute atomic E-state index is 0.534. The summed E-state index contributed by atoms with van der Waals surface area (Å²) >= 11 is 0. The van der Waals surface area contributed by atoms with Crippen molar-refractivity contribution >= 4 is 0 Å². The van der Waals surface area contributed by atoms with E-state index in [0.717, 1.165) is 18.8 Å². The topological polar surface area (TPSA) is 47.3 Å². The number of aromatic nitrogens is 1. The molecule has 1 N–H and O–H groups in total. The molecule has 0 amide bonds. The highest BCUT2D eigenvalue weighted by Gasteiger charge is 2.13. The van der Waals surface area contributed by atoms with Crippen LogP contribution in [0.1, 0.15) is 18.5 Å². The molecule has 1 atom stereocenters. The number of oxazole rings is 1. The lowest BCUT2D eigenvalue weighted by molar-refractivity contribution is 0.101. The van der Waals surface area contributed by atoms with E-state index in [1.54, 1.807) is 6.26 Å². The second-order valence-electron chi connectivity index (χ2n) is 3.29. The largest absolute Gasteiger partial charge is 0.451 e. The van der Waals surface area contributed by atoms with Gasteiger partial charge in [0.25, 0.3) is 0 Å². The minimum Gasteiger partial charge on any atom is -0.451 e. The van der Waals surface area contributed by atoms with Crippen LogP contribution >= 0.6 is 0 Å². The van der Waals surface area contributed by atoms with Crippen LogP contribution in [-0.2, 0) is 11.3 Å². The average Bonchev–Trinajstić information content (AvgIpc) is 2.75. The molecule has 13 heavy (non-hydrogen) atoms. The molecule has 1 aromatic rings. The summed E-state index contributed by atoms with van der Waals surface area (Å²) in [5.74, 6) is 0. The fourth-order valence-electron chi connectivity index (χ4n) is 1.51. The molecule has 1 aliphatic heterocycles. The highest BCUT2D eigenvalue weighted by molar-refractivity contribution is 4.87. The average molecular weight is 182 g/mol. The van der Waals surface area contributed by atoms with Crippen molar-refractivity contribution in [2.45, 2.75) is 25.5 Å². The van der Waals surface area contributed by atoms with Gasteiger partial charge in [0.1, 0.15) is 12.0 Å². The van der Waals surface area contributed by atoms with E-state index in [9.17, 15) is 0 Å². The van der Waals surface area contributed by atoms with E-state index in [1.165, 1.54) is 19.2 Å². The van der Waals surface area contributed by atoms with E-state index in [4.69, 9.17) is 9.15 Å². The number of ether oxygens (including phenoxy) is 1. The highest BCUT2D eigenvalue weighted by Crippen LogP contribution is 2.06. The SMILES string of the molecule is c1nc(COCC2CCCN2)co1. The molecule has 1 fully saturated rings. The Hall–Kier alpha value is -0.870. The summed E-state index contributed by atoms with van der Waals surface area (Å²) in [6.07, 6.45) is 5.52. The third kappa shape index (κ3) is 2.54. The Labute approximate surface area is 77.3 Å². The van der Waals surface area contributed by atoms with E-state index in [2.05, 4.69) is 10.3 Å². The number of hydrogen-bond acceptors (Lipinski definition) is 4. The molecule has 2 heterocycles. The first-order chi connectivity index (χ1) is 6.45. The molecule has 2 rings (SSSR count). The molecule has 72 valence electrons. The smallest absolute Gasteiger partial charge is 0.180 e. The number of hydrogen-bond donors (Lipinski definition) is 1. The van der Waals surface area contributed by atoms with Crippen molar-refractivity contribution in [2.24, 2.45) is 0 Å². The van der Waals surface area contributed by atoms with Gasteiger partial charge in [-0.2, -0.15) is 0 Å². The van der Waals surface area contributed by atoms with Gasteiger partial charge in [-0.1, -0.05) is 0 Å². The predicted molar refractivity (Wildman–Crippen MR) is 47.2 cm³/mol. The van der Waals surface area contributed by atoms with E-state index >= 15 is 0 Å². The Morgan fingerprint density at radius 3 is 3.38 bits per heavy atom. The zero-order valence-electron chi connectivity index (χ0n) is 7.53. The Kier molecular flexibility index (Phi) is 2.94. The lowest BCUT2D eigenvalue weighted by Crippen LogP contribution is -2.26. The molecule has 0 aromatic carbocycles. The Morgan fingerprint density at radius 1 is 1.69 bits per heavy atom. The fraction of sp³-hybridized carbons (Fsp3) is 0.667. The summed E-state index contributed by atoms with van der Waals surface area (Å²) in [5.41, 5.74) is 0.859. The summed E-state index contributed by atoms with van der Waals surface area (Å²) in [7, 11) is 0. The van der Waals surface area contributed by atoms with E-state index in [-0.39, 0.29) is 0 Å². The standard InChI is InChI=1S/C9H14N2O2/c1-2-8(10-3-1)4-12-5-9-6-13-7-11-9/h6-8,10H,1-5H2. The first kappa shape index (κ1) is 8.72. The van der Waals surface area contributed by atoms with Gasteiger partial charge in [0.2, 0.25) is 0 Å². The van der Waals surface area contributed by atoms with E-state index < -0.39 is 0 Å². The normalized spacial score (nSPS) is 22.3. The lowest BCUT2D eigenvalue weighted by Gasteiger charge is -2.09. The second-order valence-corrected chi connectivity index (χ2v) is 3.29. The van der Waals surface area contributed by atoms with E-state index in [0.29, 0.717) is 12.6 Å². The van der Waals surface area contributed by atoms with Crippen LogP contribution in [0.25, 0.3) is 0 Å². The number of rotatable bonds is 4. The first-order valence-corrected chi connectivity index (χ1v) is 4.63. The van der Waals surface area contributed by atoms with Crippen LogP contribution in [0.5, 0.6) is 0 Å². The zero-order chi connectivity index (χ0) is 8.93. The third-order valence-corrected chi connectivity index (χ3v) is 2.21. The molecular formula is C9H14N2O2. The summed E-state index contributed by atoms with van der Waals surface area (Å²) in [5, 5.41) is 3.37. The molecule has 1 aromatic heterocycles. The summed E-state index contributed by atoms with van der Waals surface area (Å²) < 4.78 is 10.3. The quantitative estimate of drug-likeness (QED) is 0.753. The predicted octanol–water partition coefficient (Wildman–Crippen LogP) is 0.943. The molecule has 4 nitrogen and oxygen atoms in total. The maximum atomic E-state index is 5.48. The van der Waals surface area contributed by atoms with Crippen LogP contribution in [0, 0.1) is 0 Å². The maximum Gasteiger partial charge on any atom is 0.180 e. The molecule has 0 radical (unpaired) electrons. The van der Waals surface area contributed by atoms with Gasteiger partial charge in [-0.05, 0) is 19.4 Å². The molecule has 1 aliphatic rings. The monoisotopic (exact) mass is 182 g/mol. The molecular weight excluding hydrogens is 168 g/mol. The van der Waals surface area contributed by atoms with Crippen LogP contribution in [0.15, 0.2) is 17.1 Å². The van der Waals surface area contributed by atoms with Gasteiger partial charge in [-0.3, -0.25) is 0 Å². The molecule has 0 spiro atoms. The lowest BCUT2D eigenvalue weighted by atomic mass is 10.2. The summed E-state index contributed by atoms with van der Waals surface area (Å²) in [4.78, 5) is 3.97. The van der Waals surface area contributed by atoms with Gasteiger partial charge >= 0.3 is 0 Å². The van der Waals surface area contributed by atoms with Crippen LogP contribution in [0.4, 0.5) is 0 Å².